The number of rotatable bonds is 6. The quantitative estimate of drug-likeness (QED) is 0.404. The van der Waals surface area contributed by atoms with Gasteiger partial charge in [0.2, 0.25) is 6.17 Å². The number of anilines is 3. The van der Waals surface area contributed by atoms with Crippen LogP contribution in [-0.4, -0.2) is 59.3 Å². The van der Waals surface area contributed by atoms with Gasteiger partial charge in [-0.2, -0.15) is 0 Å². The van der Waals surface area contributed by atoms with E-state index in [2.05, 4.69) is 43.7 Å². The number of nitrogens with one attached hydrogen (secondary N) is 2. The number of carbonyl (C=O) groups is 1. The van der Waals surface area contributed by atoms with Crippen molar-refractivity contribution in [3.05, 3.63) is 83.6 Å². The molecule has 0 spiro atoms. The number of carbonyl (C=O) groups excluding carboxylic acids is 1. The van der Waals surface area contributed by atoms with Crippen molar-refractivity contribution in [2.45, 2.75) is 19.5 Å². The molecule has 1 amide bonds. The molecule has 2 aromatic carbocycles. The van der Waals surface area contributed by atoms with E-state index in [1.165, 1.54) is 0 Å². The molecule has 0 unspecified atom stereocenters. The topological polar surface area (TPSA) is 118 Å². The summed E-state index contributed by atoms with van der Waals surface area (Å²) in [4.78, 5) is 24.8. The normalized spacial score (nSPS) is 17.3. The van der Waals surface area contributed by atoms with Gasteiger partial charge in [0.05, 0.1) is 30.3 Å². The maximum atomic E-state index is 13.2. The predicted octanol–water partition coefficient (Wildman–Crippen LogP) is 3.76. The lowest BCUT2D eigenvalue weighted by Gasteiger charge is -2.29. The van der Waals surface area contributed by atoms with E-state index in [9.17, 15) is 4.79 Å². The first-order valence-corrected chi connectivity index (χ1v) is 12.6. The lowest BCUT2D eigenvalue weighted by Crippen LogP contribution is -2.36. The molecule has 192 valence electrons. The van der Waals surface area contributed by atoms with Crippen molar-refractivity contribution in [1.82, 2.24) is 15.2 Å². The second kappa shape index (κ2) is 10.4. The average Bonchev–Trinajstić information content (AvgIpc) is 3.39. The fourth-order valence-corrected chi connectivity index (χ4v) is 4.57. The zero-order valence-corrected chi connectivity index (χ0v) is 20.9. The molecule has 0 radical (unpaired) electrons. The second-order valence-electron chi connectivity index (χ2n) is 9.00. The van der Waals surface area contributed by atoms with Gasteiger partial charge < -0.3 is 24.7 Å². The van der Waals surface area contributed by atoms with E-state index in [0.717, 1.165) is 41.9 Å². The van der Waals surface area contributed by atoms with Gasteiger partial charge in [-0.15, -0.1) is 5.10 Å². The van der Waals surface area contributed by atoms with Crippen LogP contribution in [0.25, 0.3) is 11.6 Å². The van der Waals surface area contributed by atoms with Crippen molar-refractivity contribution in [2.24, 2.45) is 4.99 Å². The van der Waals surface area contributed by atoms with Gasteiger partial charge in [0.15, 0.2) is 5.69 Å². The number of pyridine rings is 1. The Morgan fingerprint density at radius 2 is 1.84 bits per heavy atom. The summed E-state index contributed by atoms with van der Waals surface area (Å²) in [6, 6.07) is 19.5. The van der Waals surface area contributed by atoms with E-state index >= 15 is 0 Å². The Morgan fingerprint density at radius 1 is 1.05 bits per heavy atom. The smallest absolute Gasteiger partial charge is 0.317 e. The Hall–Kier alpha value is -4.57. The van der Waals surface area contributed by atoms with E-state index in [1.807, 2.05) is 60.8 Å². The number of aliphatic imine (C=N–C) groups is 1. The largest absolute Gasteiger partial charge is 0.402 e. The van der Waals surface area contributed by atoms with Crippen molar-refractivity contribution in [3.63, 3.8) is 0 Å². The molecule has 1 fully saturated rings. The molecule has 2 aromatic heterocycles. The number of hydrogen-bond acceptors (Lipinski definition) is 9. The number of benzene rings is 2. The van der Waals surface area contributed by atoms with Gasteiger partial charge in [0.1, 0.15) is 0 Å². The minimum atomic E-state index is -0.986. The molecule has 10 heteroatoms. The molecule has 38 heavy (non-hydrogen) atoms. The fourth-order valence-electron chi connectivity index (χ4n) is 4.57. The van der Waals surface area contributed by atoms with Crippen LogP contribution in [0.3, 0.4) is 0 Å². The number of fused-ring (bicyclic) bond motifs is 1. The molecule has 0 aliphatic carbocycles. The van der Waals surface area contributed by atoms with Gasteiger partial charge in [-0.05, 0) is 24.1 Å². The van der Waals surface area contributed by atoms with E-state index < -0.39 is 6.17 Å². The monoisotopic (exact) mass is 509 g/mol. The van der Waals surface area contributed by atoms with Crippen LogP contribution in [0, 0.1) is 0 Å². The molecule has 2 N–H and O–H groups in total. The molecular weight excluding hydrogens is 482 g/mol. The van der Waals surface area contributed by atoms with Gasteiger partial charge in [-0.1, -0.05) is 60.6 Å². The molecule has 0 saturated carbocycles. The number of hydrogen-bond donors (Lipinski definition) is 2. The zero-order valence-electron chi connectivity index (χ0n) is 20.9. The summed E-state index contributed by atoms with van der Waals surface area (Å²) in [5.74, 6) is -0.0659. The maximum Gasteiger partial charge on any atom is 0.317 e. The Kier molecular flexibility index (Phi) is 6.53. The van der Waals surface area contributed by atoms with Crippen LogP contribution in [-0.2, 0) is 16.0 Å². The highest BCUT2D eigenvalue weighted by Gasteiger charge is 2.28. The number of para-hydroxylation sites is 1. The molecule has 1 saturated heterocycles. The summed E-state index contributed by atoms with van der Waals surface area (Å²) >= 11 is 0. The van der Waals surface area contributed by atoms with Crippen molar-refractivity contribution >= 4 is 29.0 Å². The van der Waals surface area contributed by atoms with Crippen LogP contribution < -0.4 is 15.5 Å². The van der Waals surface area contributed by atoms with E-state index in [0.29, 0.717) is 30.3 Å². The van der Waals surface area contributed by atoms with Gasteiger partial charge in [0.25, 0.3) is 11.8 Å². The van der Waals surface area contributed by atoms with E-state index in [4.69, 9.17) is 14.1 Å². The molecular formula is C28H27N7O3. The predicted molar refractivity (Wildman–Crippen MR) is 145 cm³/mol. The number of morpholine rings is 1. The Bertz CT molecular complexity index is 1480. The standard InChI is InChI=1S/C28H27N7O3/c1-2-18-16-22(35-12-14-37-15-13-35)24(29-17-18)27-33-34-28(38-27)32-25-26(36)30-21-11-7-6-10-20(21)23(31-25)19-8-4-3-5-9-19/h3-11,16-17,25H,2,12-15H2,1H3,(H,30,36)(H,32,34)/t25-/m1/s1. The third-order valence-corrected chi connectivity index (χ3v) is 6.57. The number of benzodiazepines with no additional fused rings is 1. The SMILES string of the molecule is CCc1cnc(-c2nnc(N[C@H]3N=C(c4ccccc4)c4ccccc4NC3=O)o2)c(N2CCOCC2)c1. The Labute approximate surface area is 219 Å². The van der Waals surface area contributed by atoms with E-state index in [-0.39, 0.29) is 17.8 Å². The molecule has 10 nitrogen and oxygen atoms in total. The third kappa shape index (κ3) is 4.73. The molecule has 2 aliphatic heterocycles. The van der Waals surface area contributed by atoms with Crippen LogP contribution in [0.15, 0.2) is 76.3 Å². The Balaban J connectivity index is 1.32. The summed E-state index contributed by atoms with van der Waals surface area (Å²) in [6.45, 7) is 4.89. The van der Waals surface area contributed by atoms with Crippen molar-refractivity contribution in [2.75, 3.05) is 41.8 Å². The van der Waals surface area contributed by atoms with Crippen LogP contribution in [0.5, 0.6) is 0 Å². The third-order valence-electron chi connectivity index (χ3n) is 6.57. The lowest BCUT2D eigenvalue weighted by atomic mass is 10.0. The first-order valence-electron chi connectivity index (χ1n) is 12.6. The highest BCUT2D eigenvalue weighted by molar-refractivity contribution is 6.19. The summed E-state index contributed by atoms with van der Waals surface area (Å²) in [7, 11) is 0. The molecule has 2 aliphatic rings. The molecule has 0 bridgehead atoms. The van der Waals surface area contributed by atoms with Crippen LogP contribution in [0.2, 0.25) is 0 Å². The van der Waals surface area contributed by atoms with Crippen molar-refractivity contribution in [1.29, 1.82) is 0 Å². The zero-order chi connectivity index (χ0) is 25.9. The molecule has 4 heterocycles. The summed E-state index contributed by atoms with van der Waals surface area (Å²) in [5.41, 5.74) is 5.73. The van der Waals surface area contributed by atoms with Crippen LogP contribution in [0.4, 0.5) is 17.4 Å². The Morgan fingerprint density at radius 3 is 2.66 bits per heavy atom. The number of amides is 1. The number of aromatic nitrogens is 3. The molecule has 1 atom stereocenters. The first kappa shape index (κ1) is 23.8. The number of aryl methyl sites for hydroxylation is 1. The lowest BCUT2D eigenvalue weighted by molar-refractivity contribution is -0.116. The molecule has 4 aromatic rings. The minimum Gasteiger partial charge on any atom is -0.402 e. The van der Waals surface area contributed by atoms with Crippen LogP contribution >= 0.6 is 0 Å². The van der Waals surface area contributed by atoms with Crippen molar-refractivity contribution in [3.8, 4) is 11.6 Å². The number of ether oxygens (including phenoxy) is 1. The van der Waals surface area contributed by atoms with Gasteiger partial charge in [-0.3, -0.25) is 4.79 Å². The second-order valence-corrected chi connectivity index (χ2v) is 9.00. The maximum absolute atomic E-state index is 13.2. The fraction of sp³-hybridized carbons (Fsp3) is 0.250. The summed E-state index contributed by atoms with van der Waals surface area (Å²) < 4.78 is 11.5. The van der Waals surface area contributed by atoms with Gasteiger partial charge in [-0.25, -0.2) is 9.98 Å². The summed E-state index contributed by atoms with van der Waals surface area (Å²) in [6.07, 6.45) is 1.70. The van der Waals surface area contributed by atoms with Crippen LogP contribution in [0.1, 0.15) is 23.6 Å². The van der Waals surface area contributed by atoms with Gasteiger partial charge >= 0.3 is 6.01 Å². The van der Waals surface area contributed by atoms with Crippen molar-refractivity contribution < 1.29 is 13.9 Å². The van der Waals surface area contributed by atoms with Gasteiger partial charge in [0, 0.05) is 30.4 Å². The highest BCUT2D eigenvalue weighted by atomic mass is 16.5. The summed E-state index contributed by atoms with van der Waals surface area (Å²) in [5, 5.41) is 14.4. The number of nitrogens with zero attached hydrogens (tertiary/aromatic N) is 5. The average molecular weight is 510 g/mol. The molecule has 6 rings (SSSR count). The highest BCUT2D eigenvalue weighted by Crippen LogP contribution is 2.31. The van der Waals surface area contributed by atoms with E-state index in [1.54, 1.807) is 0 Å². The minimum absolute atomic E-state index is 0.0802. The first-order chi connectivity index (χ1) is 18.7.